The van der Waals surface area contributed by atoms with Crippen molar-refractivity contribution in [3.8, 4) is 0 Å². The molecule has 0 bridgehead atoms. The molecule has 3 heteroatoms. The Morgan fingerprint density at radius 1 is 1.00 bits per heavy atom. The molecule has 1 N–H and O–H groups in total. The van der Waals surface area contributed by atoms with Crippen LogP contribution < -0.4 is 5.32 Å². The molecule has 0 saturated heterocycles. The SMILES string of the molecule is Cc1ccc(CNc2ccc(C(=O)N(C)C)cc2)cc1. The number of benzene rings is 2. The zero-order valence-electron chi connectivity index (χ0n) is 12.2. The number of hydrogen-bond donors (Lipinski definition) is 1. The summed E-state index contributed by atoms with van der Waals surface area (Å²) in [4.78, 5) is 13.4. The molecule has 0 atom stereocenters. The predicted octanol–water partition coefficient (Wildman–Crippen LogP) is 3.31. The summed E-state index contributed by atoms with van der Waals surface area (Å²) in [6, 6.07) is 16.0. The van der Waals surface area contributed by atoms with Gasteiger partial charge in [-0.3, -0.25) is 4.79 Å². The fraction of sp³-hybridized carbons (Fsp3) is 0.235. The number of carbonyl (C=O) groups is 1. The van der Waals surface area contributed by atoms with Crippen LogP contribution in [0.1, 0.15) is 21.5 Å². The van der Waals surface area contributed by atoms with Gasteiger partial charge in [-0.05, 0) is 36.8 Å². The van der Waals surface area contributed by atoms with Crippen molar-refractivity contribution < 1.29 is 4.79 Å². The zero-order chi connectivity index (χ0) is 14.5. The van der Waals surface area contributed by atoms with E-state index < -0.39 is 0 Å². The number of amides is 1. The minimum atomic E-state index is 0.0232. The summed E-state index contributed by atoms with van der Waals surface area (Å²) in [6.07, 6.45) is 0. The Labute approximate surface area is 120 Å². The Bertz CT molecular complexity index is 571. The largest absolute Gasteiger partial charge is 0.381 e. The van der Waals surface area contributed by atoms with Gasteiger partial charge in [0.15, 0.2) is 0 Å². The van der Waals surface area contributed by atoms with Crippen LogP contribution in [0, 0.1) is 6.92 Å². The minimum absolute atomic E-state index is 0.0232. The standard InChI is InChI=1S/C17H20N2O/c1-13-4-6-14(7-5-13)12-18-16-10-8-15(9-11-16)17(20)19(2)3/h4-11,18H,12H2,1-3H3. The maximum Gasteiger partial charge on any atom is 0.253 e. The van der Waals surface area contributed by atoms with Gasteiger partial charge >= 0.3 is 0 Å². The molecule has 3 nitrogen and oxygen atoms in total. The van der Waals surface area contributed by atoms with Gasteiger partial charge in [0.1, 0.15) is 0 Å². The molecule has 0 heterocycles. The summed E-state index contributed by atoms with van der Waals surface area (Å²) in [5.74, 6) is 0.0232. The quantitative estimate of drug-likeness (QED) is 0.922. The van der Waals surface area contributed by atoms with Gasteiger partial charge in [-0.25, -0.2) is 0 Å². The van der Waals surface area contributed by atoms with E-state index in [2.05, 4.69) is 36.5 Å². The Morgan fingerprint density at radius 2 is 1.60 bits per heavy atom. The summed E-state index contributed by atoms with van der Waals surface area (Å²) >= 11 is 0. The van der Waals surface area contributed by atoms with Crippen LogP contribution in [-0.4, -0.2) is 24.9 Å². The number of anilines is 1. The number of hydrogen-bond acceptors (Lipinski definition) is 2. The van der Waals surface area contributed by atoms with Gasteiger partial charge < -0.3 is 10.2 Å². The summed E-state index contributed by atoms with van der Waals surface area (Å²) < 4.78 is 0. The van der Waals surface area contributed by atoms with Crippen molar-refractivity contribution in [3.63, 3.8) is 0 Å². The predicted molar refractivity (Wildman–Crippen MR) is 83.0 cm³/mol. The normalized spacial score (nSPS) is 10.2. The third-order valence-electron chi connectivity index (χ3n) is 3.16. The molecule has 0 aliphatic rings. The van der Waals surface area contributed by atoms with Crippen molar-refractivity contribution in [1.29, 1.82) is 0 Å². The lowest BCUT2D eigenvalue weighted by molar-refractivity contribution is 0.0827. The molecular formula is C17H20N2O. The van der Waals surface area contributed by atoms with Crippen LogP contribution in [0.15, 0.2) is 48.5 Å². The number of nitrogens with one attached hydrogen (secondary N) is 1. The minimum Gasteiger partial charge on any atom is -0.381 e. The van der Waals surface area contributed by atoms with E-state index in [1.54, 1.807) is 19.0 Å². The Hall–Kier alpha value is -2.29. The monoisotopic (exact) mass is 268 g/mol. The van der Waals surface area contributed by atoms with Gasteiger partial charge in [0.25, 0.3) is 5.91 Å². The third kappa shape index (κ3) is 3.60. The Kier molecular flexibility index (Phi) is 4.41. The van der Waals surface area contributed by atoms with Gasteiger partial charge in [0.2, 0.25) is 0 Å². The van der Waals surface area contributed by atoms with Gasteiger partial charge in [0, 0.05) is 31.9 Å². The van der Waals surface area contributed by atoms with E-state index in [0.717, 1.165) is 12.2 Å². The fourth-order valence-electron chi connectivity index (χ4n) is 1.90. The van der Waals surface area contributed by atoms with Crippen LogP contribution in [0.25, 0.3) is 0 Å². The van der Waals surface area contributed by atoms with Gasteiger partial charge in [-0.1, -0.05) is 29.8 Å². The van der Waals surface area contributed by atoms with Crippen LogP contribution in [-0.2, 0) is 6.54 Å². The Morgan fingerprint density at radius 3 is 2.15 bits per heavy atom. The molecule has 0 spiro atoms. The first kappa shape index (κ1) is 14.1. The second-order valence-corrected chi connectivity index (χ2v) is 5.12. The number of aryl methyl sites for hydroxylation is 1. The van der Waals surface area contributed by atoms with Crippen molar-refractivity contribution in [1.82, 2.24) is 4.90 Å². The smallest absolute Gasteiger partial charge is 0.253 e. The summed E-state index contributed by atoms with van der Waals surface area (Å²) in [5.41, 5.74) is 4.22. The highest BCUT2D eigenvalue weighted by atomic mass is 16.2. The van der Waals surface area contributed by atoms with Crippen LogP contribution in [0.5, 0.6) is 0 Å². The lowest BCUT2D eigenvalue weighted by atomic mass is 10.1. The van der Waals surface area contributed by atoms with Gasteiger partial charge in [-0.2, -0.15) is 0 Å². The van der Waals surface area contributed by atoms with Gasteiger partial charge in [0.05, 0.1) is 0 Å². The Balaban J connectivity index is 1.97. The van der Waals surface area contributed by atoms with E-state index >= 15 is 0 Å². The molecule has 104 valence electrons. The van der Waals surface area contributed by atoms with Crippen molar-refractivity contribution in [2.45, 2.75) is 13.5 Å². The highest BCUT2D eigenvalue weighted by molar-refractivity contribution is 5.94. The molecule has 2 aromatic rings. The number of carbonyl (C=O) groups excluding carboxylic acids is 1. The maximum absolute atomic E-state index is 11.8. The van der Waals surface area contributed by atoms with Crippen molar-refractivity contribution in [3.05, 3.63) is 65.2 Å². The highest BCUT2D eigenvalue weighted by Gasteiger charge is 2.06. The zero-order valence-corrected chi connectivity index (χ0v) is 12.2. The van der Waals surface area contributed by atoms with Crippen molar-refractivity contribution >= 4 is 11.6 Å². The molecule has 0 radical (unpaired) electrons. The lowest BCUT2D eigenvalue weighted by Crippen LogP contribution is -2.21. The van der Waals surface area contributed by atoms with E-state index in [1.165, 1.54) is 11.1 Å². The van der Waals surface area contributed by atoms with Crippen molar-refractivity contribution in [2.75, 3.05) is 19.4 Å². The molecule has 0 aromatic heterocycles. The van der Waals surface area contributed by atoms with E-state index in [0.29, 0.717) is 5.56 Å². The van der Waals surface area contributed by atoms with E-state index in [1.807, 2.05) is 24.3 Å². The molecule has 0 saturated carbocycles. The molecule has 20 heavy (non-hydrogen) atoms. The molecule has 0 aliphatic heterocycles. The lowest BCUT2D eigenvalue weighted by Gasteiger charge is -2.11. The molecular weight excluding hydrogens is 248 g/mol. The summed E-state index contributed by atoms with van der Waals surface area (Å²) in [6.45, 7) is 2.86. The highest BCUT2D eigenvalue weighted by Crippen LogP contribution is 2.12. The van der Waals surface area contributed by atoms with Crippen LogP contribution >= 0.6 is 0 Å². The molecule has 1 amide bonds. The molecule has 2 aromatic carbocycles. The van der Waals surface area contributed by atoms with Crippen LogP contribution in [0.4, 0.5) is 5.69 Å². The van der Waals surface area contributed by atoms with E-state index in [9.17, 15) is 4.79 Å². The number of nitrogens with zero attached hydrogens (tertiary/aromatic N) is 1. The second kappa shape index (κ2) is 6.24. The molecule has 0 unspecified atom stereocenters. The van der Waals surface area contributed by atoms with E-state index in [-0.39, 0.29) is 5.91 Å². The van der Waals surface area contributed by atoms with Crippen LogP contribution in [0.3, 0.4) is 0 Å². The van der Waals surface area contributed by atoms with Crippen molar-refractivity contribution in [2.24, 2.45) is 0 Å². The van der Waals surface area contributed by atoms with E-state index in [4.69, 9.17) is 0 Å². The number of rotatable bonds is 4. The van der Waals surface area contributed by atoms with Crippen LogP contribution in [0.2, 0.25) is 0 Å². The third-order valence-corrected chi connectivity index (χ3v) is 3.16. The fourth-order valence-corrected chi connectivity index (χ4v) is 1.90. The second-order valence-electron chi connectivity index (χ2n) is 5.12. The summed E-state index contributed by atoms with van der Waals surface area (Å²) in [5, 5.41) is 3.35. The molecule has 0 aliphatic carbocycles. The maximum atomic E-state index is 11.8. The molecule has 2 rings (SSSR count). The molecule has 0 fully saturated rings. The first-order valence-electron chi connectivity index (χ1n) is 6.67. The first-order chi connectivity index (χ1) is 9.56. The topological polar surface area (TPSA) is 32.3 Å². The average molecular weight is 268 g/mol. The first-order valence-corrected chi connectivity index (χ1v) is 6.67. The summed E-state index contributed by atoms with van der Waals surface area (Å²) in [7, 11) is 3.51. The average Bonchev–Trinajstić information content (AvgIpc) is 2.46. The van der Waals surface area contributed by atoms with Gasteiger partial charge in [-0.15, -0.1) is 0 Å².